The van der Waals surface area contributed by atoms with Gasteiger partial charge in [-0.05, 0) is 12.2 Å². The zero-order valence-electron chi connectivity index (χ0n) is 4.94. The molecule has 0 aromatic carbocycles. The Bertz CT molecular complexity index is 236. The lowest BCUT2D eigenvalue weighted by atomic mass is 10.4. The third kappa shape index (κ3) is 0.974. The van der Waals surface area contributed by atoms with Gasteiger partial charge < -0.3 is 0 Å². The Kier molecular flexibility index (Phi) is 1.91. The molecular formula is C6H4O3S. The quantitative estimate of drug-likeness (QED) is 0.525. The van der Waals surface area contributed by atoms with Gasteiger partial charge in [0.2, 0.25) is 0 Å². The van der Waals surface area contributed by atoms with Gasteiger partial charge in [0.1, 0.15) is 0 Å². The van der Waals surface area contributed by atoms with E-state index in [0.717, 1.165) is 0 Å². The van der Waals surface area contributed by atoms with Crippen LogP contribution >= 0.6 is 0 Å². The van der Waals surface area contributed by atoms with E-state index in [2.05, 4.69) is 0 Å². The fourth-order valence-electron chi connectivity index (χ4n) is 0.590. The number of hydrogen-bond donors (Lipinski definition) is 0. The number of carbonyl (C=O) groups excluding carboxylic acids is 2. The van der Waals surface area contributed by atoms with Crippen molar-refractivity contribution in [2.75, 3.05) is 0 Å². The molecule has 1 aliphatic heterocycles. The van der Waals surface area contributed by atoms with Gasteiger partial charge in [0.25, 0.3) is 0 Å². The van der Waals surface area contributed by atoms with E-state index in [1.165, 1.54) is 12.2 Å². The van der Waals surface area contributed by atoms with Crippen LogP contribution in [-0.2, 0) is 20.4 Å². The maximum atomic E-state index is 10.9. The van der Waals surface area contributed by atoms with E-state index in [1.807, 2.05) is 0 Å². The molecule has 0 aliphatic carbocycles. The van der Waals surface area contributed by atoms with Gasteiger partial charge in [0.15, 0.2) is 12.6 Å². The molecule has 0 aromatic heterocycles. The number of aldehydes is 2. The fourth-order valence-corrected chi connectivity index (χ4v) is 1.42. The van der Waals surface area contributed by atoms with E-state index < -0.39 is 10.8 Å². The van der Waals surface area contributed by atoms with E-state index in [-0.39, 0.29) is 9.81 Å². The minimum absolute atomic E-state index is 0.155. The van der Waals surface area contributed by atoms with Crippen molar-refractivity contribution in [1.29, 1.82) is 0 Å². The number of rotatable bonds is 2. The van der Waals surface area contributed by atoms with Crippen molar-refractivity contribution >= 4 is 23.4 Å². The first kappa shape index (κ1) is 7.08. The van der Waals surface area contributed by atoms with Gasteiger partial charge in [-0.1, -0.05) is 0 Å². The first-order valence-corrected chi connectivity index (χ1v) is 3.68. The maximum absolute atomic E-state index is 10.9. The molecule has 4 heteroatoms. The highest BCUT2D eigenvalue weighted by Gasteiger charge is 2.15. The minimum Gasteiger partial charge on any atom is -0.297 e. The Morgan fingerprint density at radius 2 is 1.50 bits per heavy atom. The van der Waals surface area contributed by atoms with Gasteiger partial charge in [0, 0.05) is 0 Å². The Morgan fingerprint density at radius 1 is 1.10 bits per heavy atom. The summed E-state index contributed by atoms with van der Waals surface area (Å²) in [6.07, 6.45) is 3.74. The summed E-state index contributed by atoms with van der Waals surface area (Å²) >= 11 is 0. The summed E-state index contributed by atoms with van der Waals surface area (Å²) in [4.78, 5) is 20.4. The first-order valence-electron chi connectivity index (χ1n) is 2.53. The Morgan fingerprint density at radius 3 is 1.70 bits per heavy atom. The van der Waals surface area contributed by atoms with Crippen LogP contribution in [0.1, 0.15) is 0 Å². The standard InChI is InChI=1S/C6H4O3S/c7-3-5-1-2-6(4-8)10(5)9/h1-4H. The second kappa shape index (κ2) is 2.70. The highest BCUT2D eigenvalue weighted by Crippen LogP contribution is 2.15. The number of hydrogen-bond acceptors (Lipinski definition) is 3. The van der Waals surface area contributed by atoms with Crippen LogP contribution in [0.5, 0.6) is 0 Å². The van der Waals surface area contributed by atoms with Gasteiger partial charge in [-0.25, -0.2) is 4.21 Å². The molecule has 0 unspecified atom stereocenters. The van der Waals surface area contributed by atoms with Crippen LogP contribution in [0.4, 0.5) is 0 Å². The molecular weight excluding hydrogens is 152 g/mol. The molecule has 1 aliphatic rings. The molecule has 1 rings (SSSR count). The monoisotopic (exact) mass is 156 g/mol. The van der Waals surface area contributed by atoms with Crippen molar-refractivity contribution in [3.63, 3.8) is 0 Å². The summed E-state index contributed by atoms with van der Waals surface area (Å²) in [6, 6.07) is 0. The predicted molar refractivity (Wildman–Crippen MR) is 36.4 cm³/mol. The van der Waals surface area contributed by atoms with E-state index in [4.69, 9.17) is 0 Å². The van der Waals surface area contributed by atoms with Gasteiger partial charge in [-0.2, -0.15) is 0 Å². The fraction of sp³-hybridized carbons (Fsp3) is 0. The first-order chi connectivity index (χ1) is 4.79. The normalized spacial score (nSPS) is 18.0. The average Bonchev–Trinajstić information content (AvgIpc) is 2.30. The topological polar surface area (TPSA) is 51.2 Å². The SMILES string of the molecule is O=CC1=CC=C(C=O)S1=O. The third-order valence-electron chi connectivity index (χ3n) is 1.07. The Hall–Kier alpha value is -1.03. The number of carbonyl (C=O) groups is 2. The summed E-state index contributed by atoms with van der Waals surface area (Å²) in [5.41, 5.74) is 0. The van der Waals surface area contributed by atoms with Gasteiger partial charge in [-0.15, -0.1) is 0 Å². The van der Waals surface area contributed by atoms with Crippen LogP contribution in [0.3, 0.4) is 0 Å². The summed E-state index contributed by atoms with van der Waals surface area (Å²) in [7, 11) is -1.51. The molecule has 0 bridgehead atoms. The molecule has 0 fully saturated rings. The highest BCUT2D eigenvalue weighted by atomic mass is 32.2. The van der Waals surface area contributed by atoms with Crippen molar-refractivity contribution in [1.82, 2.24) is 0 Å². The molecule has 0 amide bonds. The smallest absolute Gasteiger partial charge is 0.159 e. The van der Waals surface area contributed by atoms with Crippen molar-refractivity contribution in [2.24, 2.45) is 0 Å². The largest absolute Gasteiger partial charge is 0.297 e. The number of allylic oxidation sites excluding steroid dienone is 4. The van der Waals surface area contributed by atoms with Crippen LogP contribution in [0, 0.1) is 0 Å². The molecule has 3 nitrogen and oxygen atoms in total. The average molecular weight is 156 g/mol. The van der Waals surface area contributed by atoms with Crippen molar-refractivity contribution in [3.05, 3.63) is 22.0 Å². The molecule has 1 heterocycles. The zero-order chi connectivity index (χ0) is 7.56. The van der Waals surface area contributed by atoms with Gasteiger partial charge in [-0.3, -0.25) is 9.59 Å². The Balaban J connectivity index is 2.91. The van der Waals surface area contributed by atoms with E-state index in [9.17, 15) is 13.8 Å². The minimum atomic E-state index is -1.51. The Labute approximate surface area is 59.9 Å². The lowest BCUT2D eigenvalue weighted by Crippen LogP contribution is -1.95. The summed E-state index contributed by atoms with van der Waals surface area (Å²) < 4.78 is 10.9. The lowest BCUT2D eigenvalue weighted by molar-refractivity contribution is -0.104. The molecule has 0 saturated heterocycles. The third-order valence-corrected chi connectivity index (χ3v) is 2.39. The maximum Gasteiger partial charge on any atom is 0.159 e. The molecule has 0 aromatic rings. The second-order valence-electron chi connectivity index (χ2n) is 1.64. The van der Waals surface area contributed by atoms with E-state index in [0.29, 0.717) is 12.6 Å². The summed E-state index contributed by atoms with van der Waals surface area (Å²) in [5, 5.41) is 0. The predicted octanol–water partition coefficient (Wildman–Crippen LogP) is -0.0857. The summed E-state index contributed by atoms with van der Waals surface area (Å²) in [6.45, 7) is 0. The molecule has 10 heavy (non-hydrogen) atoms. The molecule has 0 spiro atoms. The highest BCUT2D eigenvalue weighted by molar-refractivity contribution is 7.94. The summed E-state index contributed by atoms with van der Waals surface area (Å²) in [5.74, 6) is 0. The molecule has 0 atom stereocenters. The van der Waals surface area contributed by atoms with Crippen LogP contribution < -0.4 is 0 Å². The van der Waals surface area contributed by atoms with Gasteiger partial charge in [0.05, 0.1) is 20.6 Å². The van der Waals surface area contributed by atoms with Crippen LogP contribution in [0.2, 0.25) is 0 Å². The molecule has 0 radical (unpaired) electrons. The molecule has 0 N–H and O–H groups in total. The van der Waals surface area contributed by atoms with Crippen molar-refractivity contribution < 1.29 is 13.8 Å². The lowest BCUT2D eigenvalue weighted by Gasteiger charge is -1.88. The molecule has 0 saturated carbocycles. The second-order valence-corrected chi connectivity index (χ2v) is 3.12. The van der Waals surface area contributed by atoms with Crippen LogP contribution in [0.15, 0.2) is 22.0 Å². The van der Waals surface area contributed by atoms with Crippen molar-refractivity contribution in [3.8, 4) is 0 Å². The van der Waals surface area contributed by atoms with Gasteiger partial charge >= 0.3 is 0 Å². The molecule has 52 valence electrons. The van der Waals surface area contributed by atoms with Crippen molar-refractivity contribution in [2.45, 2.75) is 0 Å². The van der Waals surface area contributed by atoms with E-state index in [1.54, 1.807) is 0 Å². The zero-order valence-corrected chi connectivity index (χ0v) is 5.76. The van der Waals surface area contributed by atoms with Crippen LogP contribution in [0.25, 0.3) is 0 Å². The van der Waals surface area contributed by atoms with E-state index >= 15 is 0 Å². The van der Waals surface area contributed by atoms with Crippen LogP contribution in [-0.4, -0.2) is 16.8 Å².